The summed E-state index contributed by atoms with van der Waals surface area (Å²) in [4.78, 5) is 22.6. The second kappa shape index (κ2) is 6.19. The number of non-ortho nitro benzene ring substituents is 1. The zero-order chi connectivity index (χ0) is 17.3. The predicted octanol–water partition coefficient (Wildman–Crippen LogP) is 2.37. The van der Waals surface area contributed by atoms with Gasteiger partial charge < -0.3 is 14.8 Å². The molecule has 2 aromatic carbocycles. The minimum absolute atomic E-state index is 0.0191. The van der Waals surface area contributed by atoms with Crippen LogP contribution in [0.25, 0.3) is 0 Å². The summed E-state index contributed by atoms with van der Waals surface area (Å²) in [5.74, 6) is 0.942. The molecule has 1 N–H and O–H groups in total. The number of ether oxygens (including phenoxy) is 2. The van der Waals surface area contributed by atoms with Crippen LogP contribution in [-0.2, 0) is 11.2 Å². The quantitative estimate of drug-likeness (QED) is 0.687. The Morgan fingerprint density at radius 1 is 1.17 bits per heavy atom. The minimum atomic E-state index is -0.471. The van der Waals surface area contributed by atoms with E-state index < -0.39 is 11.0 Å². The molecule has 1 amide bonds. The SMILES string of the molecule is COc1cc2c(cc1OC)[C@@H](c1cccc([N+](=O)[O-])c1)NC(=O)C2. The smallest absolute Gasteiger partial charge is 0.269 e. The maximum atomic E-state index is 12.1. The number of nitro groups is 1. The third-order valence-corrected chi connectivity index (χ3v) is 4.03. The molecule has 0 aromatic heterocycles. The lowest BCUT2D eigenvalue weighted by atomic mass is 9.89. The van der Waals surface area contributed by atoms with Gasteiger partial charge in [-0.05, 0) is 28.8 Å². The van der Waals surface area contributed by atoms with Crippen LogP contribution in [0.1, 0.15) is 22.7 Å². The van der Waals surface area contributed by atoms with E-state index in [-0.39, 0.29) is 18.0 Å². The monoisotopic (exact) mass is 328 g/mol. The number of carbonyl (C=O) groups excluding carboxylic acids is 1. The van der Waals surface area contributed by atoms with Gasteiger partial charge in [-0.1, -0.05) is 12.1 Å². The number of carbonyl (C=O) groups is 1. The number of rotatable bonds is 4. The maximum Gasteiger partial charge on any atom is 0.269 e. The summed E-state index contributed by atoms with van der Waals surface area (Å²) < 4.78 is 10.6. The van der Waals surface area contributed by atoms with Crippen LogP contribution in [0.5, 0.6) is 11.5 Å². The Labute approximate surface area is 138 Å². The number of hydrogen-bond acceptors (Lipinski definition) is 5. The van der Waals surface area contributed by atoms with E-state index in [4.69, 9.17) is 9.47 Å². The van der Waals surface area contributed by atoms with Crippen molar-refractivity contribution in [2.24, 2.45) is 0 Å². The third kappa shape index (κ3) is 2.76. The van der Waals surface area contributed by atoms with Gasteiger partial charge in [-0.15, -0.1) is 0 Å². The summed E-state index contributed by atoms with van der Waals surface area (Å²) in [5, 5.41) is 13.9. The standard InChI is InChI=1S/C17H16N2O5/c1-23-14-7-11-8-16(20)18-17(13(11)9-15(14)24-2)10-4-3-5-12(6-10)19(21)22/h3-7,9,17H,8H2,1-2H3,(H,18,20)/t17-/m1/s1. The van der Waals surface area contributed by atoms with Crippen LogP contribution in [0.2, 0.25) is 0 Å². The fourth-order valence-electron chi connectivity index (χ4n) is 2.90. The normalized spacial score (nSPS) is 16.1. The van der Waals surface area contributed by atoms with E-state index in [1.54, 1.807) is 24.3 Å². The van der Waals surface area contributed by atoms with Gasteiger partial charge in [-0.3, -0.25) is 14.9 Å². The molecule has 0 saturated heterocycles. The van der Waals surface area contributed by atoms with Crippen molar-refractivity contribution in [2.75, 3.05) is 14.2 Å². The van der Waals surface area contributed by atoms with Crippen molar-refractivity contribution in [3.05, 3.63) is 63.2 Å². The van der Waals surface area contributed by atoms with Gasteiger partial charge in [0, 0.05) is 12.1 Å². The van der Waals surface area contributed by atoms with Gasteiger partial charge >= 0.3 is 0 Å². The Balaban J connectivity index is 2.13. The van der Waals surface area contributed by atoms with Crippen molar-refractivity contribution >= 4 is 11.6 Å². The lowest BCUT2D eigenvalue weighted by Crippen LogP contribution is -2.35. The third-order valence-electron chi connectivity index (χ3n) is 4.03. The summed E-state index contributed by atoms with van der Waals surface area (Å²) in [6, 6.07) is 9.36. The Hall–Kier alpha value is -3.09. The minimum Gasteiger partial charge on any atom is -0.493 e. The molecule has 0 radical (unpaired) electrons. The van der Waals surface area contributed by atoms with E-state index in [1.165, 1.54) is 26.4 Å². The van der Waals surface area contributed by atoms with Crippen LogP contribution in [0.4, 0.5) is 5.69 Å². The van der Waals surface area contributed by atoms with Gasteiger partial charge in [-0.25, -0.2) is 0 Å². The molecule has 124 valence electrons. The van der Waals surface area contributed by atoms with Crippen molar-refractivity contribution in [3.63, 3.8) is 0 Å². The van der Waals surface area contributed by atoms with Crippen molar-refractivity contribution in [2.45, 2.75) is 12.5 Å². The first-order chi connectivity index (χ1) is 11.5. The van der Waals surface area contributed by atoms with Gasteiger partial charge in [0.2, 0.25) is 5.91 Å². The van der Waals surface area contributed by atoms with Crippen molar-refractivity contribution in [1.29, 1.82) is 0 Å². The Morgan fingerprint density at radius 3 is 2.54 bits per heavy atom. The fourth-order valence-corrected chi connectivity index (χ4v) is 2.90. The number of fused-ring (bicyclic) bond motifs is 1. The van der Waals surface area contributed by atoms with Crippen LogP contribution in [0, 0.1) is 10.1 Å². The Morgan fingerprint density at radius 2 is 1.88 bits per heavy atom. The number of nitro benzene ring substituents is 1. The number of hydrogen-bond donors (Lipinski definition) is 1. The largest absolute Gasteiger partial charge is 0.493 e. The van der Waals surface area contributed by atoms with Gasteiger partial charge in [0.25, 0.3) is 5.69 Å². The van der Waals surface area contributed by atoms with E-state index >= 15 is 0 Å². The van der Waals surface area contributed by atoms with E-state index in [2.05, 4.69) is 5.32 Å². The van der Waals surface area contributed by atoms with E-state index in [0.717, 1.165) is 11.1 Å². The molecule has 0 unspecified atom stereocenters. The summed E-state index contributed by atoms with van der Waals surface area (Å²) in [7, 11) is 3.07. The number of amides is 1. The predicted molar refractivity (Wildman–Crippen MR) is 86.3 cm³/mol. The maximum absolute atomic E-state index is 12.1. The van der Waals surface area contributed by atoms with E-state index in [1.807, 2.05) is 0 Å². The van der Waals surface area contributed by atoms with Crippen molar-refractivity contribution in [3.8, 4) is 11.5 Å². The van der Waals surface area contributed by atoms with E-state index in [9.17, 15) is 14.9 Å². The molecular formula is C17H16N2O5. The number of nitrogens with zero attached hydrogens (tertiary/aromatic N) is 1. The number of nitrogens with one attached hydrogen (secondary N) is 1. The van der Waals surface area contributed by atoms with Gasteiger partial charge in [0.15, 0.2) is 11.5 Å². The second-order valence-electron chi connectivity index (χ2n) is 5.44. The molecule has 24 heavy (non-hydrogen) atoms. The lowest BCUT2D eigenvalue weighted by Gasteiger charge is -2.28. The highest BCUT2D eigenvalue weighted by Crippen LogP contribution is 2.38. The summed E-state index contributed by atoms with van der Waals surface area (Å²) in [5.41, 5.74) is 2.28. The van der Waals surface area contributed by atoms with Gasteiger partial charge in [0.05, 0.1) is 31.6 Å². The Bertz CT molecular complexity index is 819. The van der Waals surface area contributed by atoms with Crippen LogP contribution < -0.4 is 14.8 Å². The van der Waals surface area contributed by atoms with Gasteiger partial charge in [0.1, 0.15) is 0 Å². The fraction of sp³-hybridized carbons (Fsp3) is 0.235. The molecule has 1 aliphatic rings. The first-order valence-electron chi connectivity index (χ1n) is 7.32. The average molecular weight is 328 g/mol. The lowest BCUT2D eigenvalue weighted by molar-refractivity contribution is -0.384. The Kier molecular flexibility index (Phi) is 4.07. The van der Waals surface area contributed by atoms with Crippen molar-refractivity contribution < 1.29 is 19.2 Å². The molecule has 0 saturated carbocycles. The summed E-state index contributed by atoms with van der Waals surface area (Å²) in [6.45, 7) is 0. The molecular weight excluding hydrogens is 312 g/mol. The molecule has 7 nitrogen and oxygen atoms in total. The van der Waals surface area contributed by atoms with Crippen LogP contribution in [0.15, 0.2) is 36.4 Å². The molecule has 0 aliphatic carbocycles. The molecule has 0 bridgehead atoms. The van der Waals surface area contributed by atoms with Crippen molar-refractivity contribution in [1.82, 2.24) is 5.32 Å². The molecule has 7 heteroatoms. The second-order valence-corrected chi connectivity index (χ2v) is 5.44. The average Bonchev–Trinajstić information content (AvgIpc) is 2.59. The number of benzene rings is 2. The molecule has 1 heterocycles. The molecule has 1 aliphatic heterocycles. The van der Waals surface area contributed by atoms with Crippen LogP contribution in [-0.4, -0.2) is 25.1 Å². The first-order valence-corrected chi connectivity index (χ1v) is 7.32. The highest BCUT2D eigenvalue weighted by molar-refractivity contribution is 5.83. The molecule has 0 fully saturated rings. The highest BCUT2D eigenvalue weighted by Gasteiger charge is 2.28. The first kappa shape index (κ1) is 15.8. The van der Waals surface area contributed by atoms with Gasteiger partial charge in [-0.2, -0.15) is 0 Å². The molecule has 2 aromatic rings. The molecule has 1 atom stereocenters. The highest BCUT2D eigenvalue weighted by atomic mass is 16.6. The van der Waals surface area contributed by atoms with Crippen LogP contribution >= 0.6 is 0 Å². The van der Waals surface area contributed by atoms with Crippen LogP contribution in [0.3, 0.4) is 0 Å². The summed E-state index contributed by atoms with van der Waals surface area (Å²) in [6.07, 6.45) is 0.223. The molecule has 0 spiro atoms. The summed E-state index contributed by atoms with van der Waals surface area (Å²) >= 11 is 0. The zero-order valence-electron chi connectivity index (χ0n) is 13.2. The zero-order valence-corrected chi connectivity index (χ0v) is 13.2. The van der Waals surface area contributed by atoms with E-state index in [0.29, 0.717) is 17.1 Å². The molecule has 3 rings (SSSR count). The number of methoxy groups -OCH3 is 2. The topological polar surface area (TPSA) is 90.7 Å².